The predicted molar refractivity (Wildman–Crippen MR) is 81.9 cm³/mol. The zero-order chi connectivity index (χ0) is 15.0. The van der Waals surface area contributed by atoms with Crippen LogP contribution in [0.2, 0.25) is 0 Å². The molecule has 3 rings (SSSR count). The Balaban J connectivity index is 2.01. The SMILES string of the molecule is CNc1nc2ccccn2c1S(=O)(=O)NC1CCC(C)C1. The van der Waals surface area contributed by atoms with Crippen molar-refractivity contribution < 1.29 is 8.42 Å². The number of anilines is 1. The van der Waals surface area contributed by atoms with Crippen molar-refractivity contribution in [2.24, 2.45) is 5.92 Å². The van der Waals surface area contributed by atoms with Gasteiger partial charge in [-0.25, -0.2) is 18.1 Å². The van der Waals surface area contributed by atoms with Crippen molar-refractivity contribution in [3.63, 3.8) is 0 Å². The molecule has 0 bridgehead atoms. The molecule has 21 heavy (non-hydrogen) atoms. The van der Waals surface area contributed by atoms with Gasteiger partial charge in [0.1, 0.15) is 5.65 Å². The Morgan fingerprint density at radius 2 is 2.14 bits per heavy atom. The zero-order valence-electron chi connectivity index (χ0n) is 12.2. The van der Waals surface area contributed by atoms with Gasteiger partial charge in [-0.05, 0) is 37.3 Å². The smallest absolute Gasteiger partial charge is 0.260 e. The Labute approximate surface area is 124 Å². The summed E-state index contributed by atoms with van der Waals surface area (Å²) >= 11 is 0. The molecule has 2 unspecified atom stereocenters. The second kappa shape index (κ2) is 5.31. The molecular weight excluding hydrogens is 288 g/mol. The highest BCUT2D eigenvalue weighted by molar-refractivity contribution is 7.89. The monoisotopic (exact) mass is 308 g/mol. The van der Waals surface area contributed by atoms with Crippen LogP contribution in [-0.2, 0) is 10.0 Å². The zero-order valence-corrected chi connectivity index (χ0v) is 13.0. The Hall–Kier alpha value is -1.60. The fourth-order valence-electron chi connectivity index (χ4n) is 2.98. The van der Waals surface area contributed by atoms with E-state index in [0.29, 0.717) is 17.4 Å². The van der Waals surface area contributed by atoms with Gasteiger partial charge in [0.05, 0.1) is 0 Å². The fourth-order valence-corrected chi connectivity index (χ4v) is 4.56. The van der Waals surface area contributed by atoms with E-state index in [-0.39, 0.29) is 11.1 Å². The molecule has 2 atom stereocenters. The number of fused-ring (bicyclic) bond motifs is 1. The second-order valence-corrected chi connectivity index (χ2v) is 7.31. The maximum Gasteiger partial charge on any atom is 0.260 e. The molecule has 2 heterocycles. The number of imidazole rings is 1. The van der Waals surface area contributed by atoms with E-state index >= 15 is 0 Å². The number of pyridine rings is 1. The molecule has 6 nitrogen and oxygen atoms in total. The number of hydrogen-bond acceptors (Lipinski definition) is 4. The average Bonchev–Trinajstić information content (AvgIpc) is 3.01. The summed E-state index contributed by atoms with van der Waals surface area (Å²) in [5.41, 5.74) is 0.613. The highest BCUT2D eigenvalue weighted by Crippen LogP contribution is 2.28. The van der Waals surface area contributed by atoms with Crippen molar-refractivity contribution in [2.45, 2.75) is 37.3 Å². The van der Waals surface area contributed by atoms with Crippen LogP contribution in [0.25, 0.3) is 5.65 Å². The third-order valence-electron chi connectivity index (χ3n) is 3.99. The molecule has 0 aliphatic heterocycles. The van der Waals surface area contributed by atoms with Gasteiger partial charge < -0.3 is 5.32 Å². The normalized spacial score (nSPS) is 22.8. The van der Waals surface area contributed by atoms with Crippen LogP contribution in [0.3, 0.4) is 0 Å². The van der Waals surface area contributed by atoms with Gasteiger partial charge in [0, 0.05) is 19.3 Å². The first-order chi connectivity index (χ1) is 10.0. The number of aromatic nitrogens is 2. The molecule has 0 spiro atoms. The Morgan fingerprint density at radius 3 is 2.81 bits per heavy atom. The van der Waals surface area contributed by atoms with Gasteiger partial charge in [0.25, 0.3) is 10.0 Å². The largest absolute Gasteiger partial charge is 0.371 e. The third-order valence-corrected chi connectivity index (χ3v) is 5.54. The second-order valence-electron chi connectivity index (χ2n) is 5.68. The van der Waals surface area contributed by atoms with Crippen LogP contribution in [0.15, 0.2) is 29.4 Å². The van der Waals surface area contributed by atoms with Gasteiger partial charge in [-0.2, -0.15) is 0 Å². The summed E-state index contributed by atoms with van der Waals surface area (Å²) in [6, 6.07) is 5.44. The van der Waals surface area contributed by atoms with Crippen LogP contribution in [-0.4, -0.2) is 30.9 Å². The highest BCUT2D eigenvalue weighted by atomic mass is 32.2. The lowest BCUT2D eigenvalue weighted by atomic mass is 10.1. The molecule has 0 aromatic carbocycles. The van der Waals surface area contributed by atoms with E-state index in [1.165, 1.54) is 0 Å². The number of nitrogens with zero attached hydrogens (tertiary/aromatic N) is 2. The molecule has 1 saturated carbocycles. The summed E-state index contributed by atoms with van der Waals surface area (Å²) in [4.78, 5) is 4.32. The van der Waals surface area contributed by atoms with Crippen molar-refractivity contribution >= 4 is 21.5 Å². The van der Waals surface area contributed by atoms with Crippen LogP contribution >= 0.6 is 0 Å². The minimum atomic E-state index is -3.61. The summed E-state index contributed by atoms with van der Waals surface area (Å²) in [5.74, 6) is 0.948. The van der Waals surface area contributed by atoms with E-state index in [4.69, 9.17) is 0 Å². The van der Waals surface area contributed by atoms with Gasteiger partial charge in [-0.15, -0.1) is 0 Å². The van der Waals surface area contributed by atoms with Crippen LogP contribution in [0, 0.1) is 5.92 Å². The summed E-state index contributed by atoms with van der Waals surface area (Å²) in [5, 5.41) is 3.05. The topological polar surface area (TPSA) is 75.5 Å². The molecule has 2 aromatic heterocycles. The molecule has 2 aromatic rings. The molecule has 0 radical (unpaired) electrons. The van der Waals surface area contributed by atoms with Crippen molar-refractivity contribution in [1.82, 2.24) is 14.1 Å². The van der Waals surface area contributed by atoms with E-state index in [2.05, 4.69) is 21.9 Å². The van der Waals surface area contributed by atoms with Gasteiger partial charge in [0.15, 0.2) is 10.8 Å². The minimum absolute atomic E-state index is 0.0176. The van der Waals surface area contributed by atoms with Crippen molar-refractivity contribution in [3.8, 4) is 0 Å². The molecule has 1 aliphatic carbocycles. The molecular formula is C14H20N4O2S. The summed E-state index contributed by atoms with van der Waals surface area (Å²) in [6.07, 6.45) is 4.57. The Bertz CT molecular complexity index is 753. The molecule has 0 saturated heterocycles. The van der Waals surface area contributed by atoms with Crippen LogP contribution < -0.4 is 10.0 Å². The molecule has 2 N–H and O–H groups in total. The van der Waals surface area contributed by atoms with Gasteiger partial charge in [-0.3, -0.25) is 4.40 Å². The lowest BCUT2D eigenvalue weighted by molar-refractivity contribution is 0.535. The molecule has 7 heteroatoms. The first-order valence-corrected chi connectivity index (χ1v) is 8.67. The van der Waals surface area contributed by atoms with Gasteiger partial charge in [-0.1, -0.05) is 13.0 Å². The van der Waals surface area contributed by atoms with E-state index < -0.39 is 10.0 Å². The summed E-state index contributed by atoms with van der Waals surface area (Å²) in [6.45, 7) is 2.15. The Kier molecular flexibility index (Phi) is 3.62. The number of sulfonamides is 1. The number of nitrogens with one attached hydrogen (secondary N) is 2. The first kappa shape index (κ1) is 14.3. The molecule has 1 fully saturated rings. The van der Waals surface area contributed by atoms with E-state index in [0.717, 1.165) is 19.3 Å². The molecule has 114 valence electrons. The average molecular weight is 308 g/mol. The lowest BCUT2D eigenvalue weighted by Gasteiger charge is -2.13. The third kappa shape index (κ3) is 2.63. The van der Waals surface area contributed by atoms with E-state index in [9.17, 15) is 8.42 Å². The van der Waals surface area contributed by atoms with Crippen molar-refractivity contribution in [2.75, 3.05) is 12.4 Å². The quantitative estimate of drug-likeness (QED) is 0.904. The number of rotatable bonds is 4. The lowest BCUT2D eigenvalue weighted by Crippen LogP contribution is -2.34. The van der Waals surface area contributed by atoms with Crippen LogP contribution in [0.4, 0.5) is 5.82 Å². The fraction of sp³-hybridized carbons (Fsp3) is 0.500. The molecule has 0 amide bonds. The van der Waals surface area contributed by atoms with Gasteiger partial charge >= 0.3 is 0 Å². The van der Waals surface area contributed by atoms with Crippen molar-refractivity contribution in [1.29, 1.82) is 0 Å². The minimum Gasteiger partial charge on any atom is -0.371 e. The highest BCUT2D eigenvalue weighted by Gasteiger charge is 2.30. The Morgan fingerprint density at radius 1 is 1.33 bits per heavy atom. The molecule has 1 aliphatic rings. The van der Waals surface area contributed by atoms with Crippen molar-refractivity contribution in [3.05, 3.63) is 24.4 Å². The van der Waals surface area contributed by atoms with Crippen LogP contribution in [0.5, 0.6) is 0 Å². The maximum atomic E-state index is 12.7. The summed E-state index contributed by atoms with van der Waals surface area (Å²) in [7, 11) is -1.93. The number of hydrogen-bond donors (Lipinski definition) is 2. The summed E-state index contributed by atoms with van der Waals surface area (Å²) < 4.78 is 29.9. The standard InChI is InChI=1S/C14H20N4O2S/c1-10-6-7-11(9-10)17-21(19,20)14-13(15-2)16-12-5-3-4-8-18(12)14/h3-5,8,10-11,15,17H,6-7,9H2,1-2H3. The van der Waals surface area contributed by atoms with E-state index in [1.54, 1.807) is 29.8 Å². The first-order valence-electron chi connectivity index (χ1n) is 7.18. The predicted octanol–water partition coefficient (Wildman–Crippen LogP) is 1.84. The van der Waals surface area contributed by atoms with E-state index in [1.807, 2.05) is 6.07 Å². The van der Waals surface area contributed by atoms with Crippen LogP contribution in [0.1, 0.15) is 26.2 Å². The maximum absolute atomic E-state index is 12.7. The van der Waals surface area contributed by atoms with Gasteiger partial charge in [0.2, 0.25) is 0 Å².